The lowest BCUT2D eigenvalue weighted by Gasteiger charge is -2.08. The van der Waals surface area contributed by atoms with Crippen LogP contribution in [0.15, 0.2) is 11.6 Å². The smallest absolute Gasteiger partial charge is 0.392 e. The van der Waals surface area contributed by atoms with E-state index < -0.39 is 30.3 Å². The summed E-state index contributed by atoms with van der Waals surface area (Å²) in [5, 5.41) is 9.07. The van der Waals surface area contributed by atoms with E-state index >= 15 is 0 Å². The number of aliphatic hydroxyl groups excluding tert-OH is 1. The molecule has 3 atom stereocenters. The van der Waals surface area contributed by atoms with Crippen molar-refractivity contribution in [2.75, 3.05) is 0 Å². The summed E-state index contributed by atoms with van der Waals surface area (Å²) in [4.78, 5) is 10.6. The van der Waals surface area contributed by atoms with Crippen LogP contribution in [0.3, 0.4) is 0 Å². The van der Waals surface area contributed by atoms with E-state index in [1.807, 2.05) is 0 Å². The number of hydrogen-bond acceptors (Lipinski definition) is 3. The fourth-order valence-corrected chi connectivity index (χ4v) is 1.63. The minimum atomic E-state index is -4.25. The van der Waals surface area contributed by atoms with Crippen molar-refractivity contribution in [3.8, 4) is 0 Å². The molecule has 2 rings (SSSR count). The highest BCUT2D eigenvalue weighted by Gasteiger charge is 2.58. The molecule has 1 aliphatic heterocycles. The zero-order chi connectivity index (χ0) is 10.5. The largest absolute Gasteiger partial charge is 0.429 e. The summed E-state index contributed by atoms with van der Waals surface area (Å²) < 4.78 is 40.7. The lowest BCUT2D eigenvalue weighted by molar-refractivity contribution is -0.153. The van der Waals surface area contributed by atoms with Crippen molar-refractivity contribution in [3.63, 3.8) is 0 Å². The molecule has 0 amide bonds. The summed E-state index contributed by atoms with van der Waals surface area (Å²) >= 11 is 0. The molecule has 2 aliphatic rings. The monoisotopic (exact) mass is 208 g/mol. The van der Waals surface area contributed by atoms with Gasteiger partial charge in [0.1, 0.15) is 0 Å². The van der Waals surface area contributed by atoms with Crippen LogP contribution < -0.4 is 0 Å². The van der Waals surface area contributed by atoms with Crippen molar-refractivity contribution in [2.24, 2.45) is 11.8 Å². The van der Waals surface area contributed by atoms with Gasteiger partial charge < -0.3 is 9.84 Å². The van der Waals surface area contributed by atoms with Gasteiger partial charge in [-0.25, -0.2) is 4.79 Å². The third-order valence-corrected chi connectivity index (χ3v) is 2.44. The summed E-state index contributed by atoms with van der Waals surface area (Å²) in [5.74, 6) is -2.99. The standard InChI is InChI=1S/C8H7F3O3/c9-8(10,11)5-1-3(5)4-2-6(12)14-7(4)13/h2-3,5,7,13H,1H2/t3-,5+,7+/m0/s1. The molecule has 1 N–H and O–H groups in total. The van der Waals surface area contributed by atoms with Crippen LogP contribution in [0.25, 0.3) is 0 Å². The fraction of sp³-hybridized carbons (Fsp3) is 0.625. The Morgan fingerprint density at radius 3 is 2.50 bits per heavy atom. The van der Waals surface area contributed by atoms with E-state index in [0.29, 0.717) is 0 Å². The van der Waals surface area contributed by atoms with Crippen LogP contribution in [0.1, 0.15) is 6.42 Å². The van der Waals surface area contributed by atoms with Gasteiger partial charge in [-0.05, 0) is 12.3 Å². The number of cyclic esters (lactones) is 1. The van der Waals surface area contributed by atoms with Gasteiger partial charge in [0, 0.05) is 11.6 Å². The highest BCUT2D eigenvalue weighted by atomic mass is 19.4. The maximum Gasteiger partial charge on any atom is 0.392 e. The lowest BCUT2D eigenvalue weighted by Crippen LogP contribution is -2.16. The van der Waals surface area contributed by atoms with E-state index in [9.17, 15) is 18.0 Å². The fourth-order valence-electron chi connectivity index (χ4n) is 1.63. The van der Waals surface area contributed by atoms with Crippen molar-refractivity contribution in [3.05, 3.63) is 11.6 Å². The Balaban J connectivity index is 2.07. The van der Waals surface area contributed by atoms with Crippen molar-refractivity contribution in [1.82, 2.24) is 0 Å². The molecule has 0 radical (unpaired) electrons. The zero-order valence-corrected chi connectivity index (χ0v) is 6.91. The molecule has 0 aromatic rings. The van der Waals surface area contributed by atoms with E-state index in [4.69, 9.17) is 5.11 Å². The molecule has 0 aromatic carbocycles. The first-order chi connectivity index (χ1) is 6.39. The Bertz CT molecular complexity index is 307. The van der Waals surface area contributed by atoms with Crippen LogP contribution in [-0.4, -0.2) is 23.5 Å². The molecule has 0 aromatic heterocycles. The number of alkyl halides is 3. The van der Waals surface area contributed by atoms with Gasteiger partial charge in [-0.1, -0.05) is 0 Å². The average Bonchev–Trinajstić information content (AvgIpc) is 2.72. The Kier molecular flexibility index (Phi) is 1.85. The van der Waals surface area contributed by atoms with Crippen LogP contribution >= 0.6 is 0 Å². The maximum atomic E-state index is 12.1. The minimum Gasteiger partial charge on any atom is -0.429 e. The highest BCUT2D eigenvalue weighted by molar-refractivity contribution is 5.85. The van der Waals surface area contributed by atoms with E-state index in [1.54, 1.807) is 0 Å². The zero-order valence-electron chi connectivity index (χ0n) is 6.91. The number of carbonyl (C=O) groups is 1. The van der Waals surface area contributed by atoms with Crippen molar-refractivity contribution >= 4 is 5.97 Å². The first kappa shape index (κ1) is 9.51. The Morgan fingerprint density at radius 1 is 1.50 bits per heavy atom. The van der Waals surface area contributed by atoms with Crippen LogP contribution in [0.2, 0.25) is 0 Å². The number of hydrogen-bond donors (Lipinski definition) is 1. The minimum absolute atomic E-state index is 0.0531. The SMILES string of the molecule is O=C1C=C([C@@H]2C[C@H]2C(F)(F)F)[C@H](O)O1. The van der Waals surface area contributed by atoms with E-state index in [-0.39, 0.29) is 12.0 Å². The molecule has 78 valence electrons. The van der Waals surface area contributed by atoms with Crippen LogP contribution in [0.5, 0.6) is 0 Å². The number of esters is 1. The molecule has 1 saturated carbocycles. The van der Waals surface area contributed by atoms with Crippen LogP contribution in [-0.2, 0) is 9.53 Å². The van der Waals surface area contributed by atoms with E-state index in [2.05, 4.69) is 4.74 Å². The first-order valence-electron chi connectivity index (χ1n) is 4.06. The van der Waals surface area contributed by atoms with Gasteiger partial charge >= 0.3 is 12.1 Å². The second-order valence-corrected chi connectivity index (χ2v) is 3.42. The third-order valence-electron chi connectivity index (χ3n) is 2.44. The Morgan fingerprint density at radius 2 is 2.14 bits per heavy atom. The molecule has 0 spiro atoms. The molecule has 1 aliphatic carbocycles. The molecule has 0 bridgehead atoms. The molecular weight excluding hydrogens is 201 g/mol. The number of halogens is 3. The molecular formula is C8H7F3O3. The van der Waals surface area contributed by atoms with Gasteiger partial charge in [0.2, 0.25) is 6.29 Å². The summed E-state index contributed by atoms with van der Waals surface area (Å²) in [6.07, 6.45) is -4.86. The lowest BCUT2D eigenvalue weighted by atomic mass is 10.1. The maximum absolute atomic E-state index is 12.1. The number of ether oxygens (including phenoxy) is 1. The van der Waals surface area contributed by atoms with Crippen LogP contribution in [0, 0.1) is 11.8 Å². The van der Waals surface area contributed by atoms with Crippen molar-refractivity contribution in [1.29, 1.82) is 0 Å². The Hall–Kier alpha value is -1.04. The highest BCUT2D eigenvalue weighted by Crippen LogP contribution is 2.54. The topological polar surface area (TPSA) is 46.5 Å². The molecule has 6 heteroatoms. The summed E-state index contributed by atoms with van der Waals surface area (Å²) in [6, 6.07) is 0. The van der Waals surface area contributed by atoms with Gasteiger partial charge in [-0.3, -0.25) is 0 Å². The van der Waals surface area contributed by atoms with Gasteiger partial charge in [0.25, 0.3) is 0 Å². The number of rotatable bonds is 1. The van der Waals surface area contributed by atoms with Crippen molar-refractivity contribution in [2.45, 2.75) is 18.9 Å². The molecule has 1 fully saturated rings. The average molecular weight is 208 g/mol. The molecule has 14 heavy (non-hydrogen) atoms. The molecule has 0 saturated heterocycles. The number of aliphatic hydroxyl groups is 1. The van der Waals surface area contributed by atoms with Crippen LogP contribution in [0.4, 0.5) is 13.2 Å². The Labute approximate surface area is 77.2 Å². The predicted molar refractivity (Wildman–Crippen MR) is 37.8 cm³/mol. The van der Waals surface area contributed by atoms with Gasteiger partial charge in [-0.2, -0.15) is 13.2 Å². The third kappa shape index (κ3) is 1.50. The van der Waals surface area contributed by atoms with Gasteiger partial charge in [0.15, 0.2) is 0 Å². The molecule has 0 unspecified atom stereocenters. The normalized spacial score (nSPS) is 36.7. The van der Waals surface area contributed by atoms with E-state index in [0.717, 1.165) is 6.08 Å². The summed E-state index contributed by atoms with van der Waals surface area (Å²) in [7, 11) is 0. The van der Waals surface area contributed by atoms with Crippen molar-refractivity contribution < 1.29 is 27.8 Å². The van der Waals surface area contributed by atoms with E-state index in [1.165, 1.54) is 0 Å². The molecule has 3 nitrogen and oxygen atoms in total. The van der Waals surface area contributed by atoms with Gasteiger partial charge in [0.05, 0.1) is 5.92 Å². The number of carbonyl (C=O) groups excluding carboxylic acids is 1. The quantitative estimate of drug-likeness (QED) is 0.653. The predicted octanol–water partition coefficient (Wildman–Crippen LogP) is 0.986. The summed E-state index contributed by atoms with van der Waals surface area (Å²) in [6.45, 7) is 0. The second-order valence-electron chi connectivity index (χ2n) is 3.42. The van der Waals surface area contributed by atoms with Gasteiger partial charge in [-0.15, -0.1) is 0 Å². The molecule has 1 heterocycles. The second kappa shape index (κ2) is 2.73. The first-order valence-corrected chi connectivity index (χ1v) is 4.06. The summed E-state index contributed by atoms with van der Waals surface area (Å²) in [5.41, 5.74) is 0.0531.